The number of carbonyl (C=O) groups is 3. The van der Waals surface area contributed by atoms with Crippen LogP contribution >= 0.6 is 0 Å². The predicted octanol–water partition coefficient (Wildman–Crippen LogP) is 4.41. The zero-order valence-corrected chi connectivity index (χ0v) is 19.7. The fraction of sp³-hybridized carbons (Fsp3) is 0.444. The van der Waals surface area contributed by atoms with E-state index < -0.39 is 18.1 Å². The fourth-order valence-corrected chi connectivity index (χ4v) is 5.16. The van der Waals surface area contributed by atoms with Crippen molar-refractivity contribution in [3.8, 4) is 11.1 Å². The number of benzene rings is 2. The number of hydrogen-bond acceptors (Lipinski definition) is 4. The molecule has 1 heterocycles. The van der Waals surface area contributed by atoms with Gasteiger partial charge in [-0.05, 0) is 47.4 Å². The molecule has 7 heteroatoms. The summed E-state index contributed by atoms with van der Waals surface area (Å²) in [5.41, 5.74) is 4.55. The normalized spacial score (nSPS) is 18.2. The minimum Gasteiger partial charge on any atom is -0.481 e. The van der Waals surface area contributed by atoms with Gasteiger partial charge >= 0.3 is 12.1 Å². The number of likely N-dealkylation sites (tertiary alicyclic amines) is 1. The second kappa shape index (κ2) is 10.3. The highest BCUT2D eigenvalue weighted by Crippen LogP contribution is 2.44. The largest absolute Gasteiger partial charge is 0.481 e. The molecule has 7 nitrogen and oxygen atoms in total. The molecule has 2 aromatic rings. The van der Waals surface area contributed by atoms with Crippen molar-refractivity contribution >= 4 is 18.0 Å². The maximum absolute atomic E-state index is 13.3. The zero-order chi connectivity index (χ0) is 24.2. The van der Waals surface area contributed by atoms with Gasteiger partial charge in [0.2, 0.25) is 5.91 Å². The third kappa shape index (κ3) is 4.93. The smallest absolute Gasteiger partial charge is 0.407 e. The van der Waals surface area contributed by atoms with Crippen LogP contribution in [0.15, 0.2) is 48.5 Å². The van der Waals surface area contributed by atoms with Gasteiger partial charge in [-0.1, -0.05) is 62.4 Å². The maximum Gasteiger partial charge on any atom is 0.407 e. The Morgan fingerprint density at radius 1 is 1.03 bits per heavy atom. The third-order valence-electron chi connectivity index (χ3n) is 6.87. The Bertz CT molecular complexity index is 1020. The highest BCUT2D eigenvalue weighted by molar-refractivity contribution is 5.87. The van der Waals surface area contributed by atoms with Gasteiger partial charge in [0.1, 0.15) is 12.6 Å². The average molecular weight is 465 g/mol. The molecule has 2 aliphatic rings. The number of ether oxygens (including phenoxy) is 1. The van der Waals surface area contributed by atoms with Gasteiger partial charge in [-0.2, -0.15) is 0 Å². The Labute approximate surface area is 200 Å². The predicted molar refractivity (Wildman–Crippen MR) is 128 cm³/mol. The van der Waals surface area contributed by atoms with E-state index in [9.17, 15) is 19.5 Å². The van der Waals surface area contributed by atoms with Crippen molar-refractivity contribution in [1.82, 2.24) is 10.2 Å². The number of carboxylic acid groups (broad SMARTS) is 1. The van der Waals surface area contributed by atoms with E-state index in [1.807, 2.05) is 38.1 Å². The number of rotatable bonds is 7. The molecule has 2 atom stereocenters. The highest BCUT2D eigenvalue weighted by atomic mass is 16.5. The molecule has 0 radical (unpaired) electrons. The molecule has 0 bridgehead atoms. The Balaban J connectivity index is 1.43. The second-order valence-corrected chi connectivity index (χ2v) is 9.47. The van der Waals surface area contributed by atoms with Crippen LogP contribution in [0.1, 0.15) is 56.6 Å². The average Bonchev–Trinajstić information content (AvgIpc) is 3.14. The number of nitrogens with zero attached hydrogens (tertiary/aromatic N) is 1. The molecule has 2 amide bonds. The molecule has 180 valence electrons. The monoisotopic (exact) mass is 464 g/mol. The SMILES string of the molecule is CC(C)[C@H](NC(=O)OCC1c2ccccc2-c2ccccc21)C(=O)N1CCCC[C@@H]1CC(=O)O. The van der Waals surface area contributed by atoms with Crippen molar-refractivity contribution in [3.05, 3.63) is 59.7 Å². The lowest BCUT2D eigenvalue weighted by atomic mass is 9.95. The van der Waals surface area contributed by atoms with Gasteiger partial charge in [0.25, 0.3) is 0 Å². The number of alkyl carbamates (subject to hydrolysis) is 1. The standard InChI is InChI=1S/C27H32N2O5/c1-17(2)25(26(32)29-14-8-7-9-18(29)15-24(30)31)28-27(33)34-16-23-21-12-5-3-10-19(21)20-11-4-6-13-22(20)23/h3-6,10-13,17-18,23,25H,7-9,14-16H2,1-2H3,(H,28,33)(H,30,31)/t18-,25+/m1/s1. The summed E-state index contributed by atoms with van der Waals surface area (Å²) in [5.74, 6) is -1.39. The fourth-order valence-electron chi connectivity index (χ4n) is 5.16. The van der Waals surface area contributed by atoms with Crippen molar-refractivity contribution in [3.63, 3.8) is 0 Å². The van der Waals surface area contributed by atoms with Gasteiger partial charge in [-0.15, -0.1) is 0 Å². The summed E-state index contributed by atoms with van der Waals surface area (Å²) in [5, 5.41) is 12.0. The maximum atomic E-state index is 13.3. The van der Waals surface area contributed by atoms with Crippen molar-refractivity contribution in [2.75, 3.05) is 13.2 Å². The van der Waals surface area contributed by atoms with Crippen LogP contribution in [0.2, 0.25) is 0 Å². The van der Waals surface area contributed by atoms with E-state index in [1.165, 1.54) is 0 Å². The van der Waals surface area contributed by atoms with Crippen LogP contribution in [0, 0.1) is 5.92 Å². The van der Waals surface area contributed by atoms with Crippen LogP contribution < -0.4 is 5.32 Å². The van der Waals surface area contributed by atoms with E-state index in [0.717, 1.165) is 35.1 Å². The van der Waals surface area contributed by atoms with E-state index in [4.69, 9.17) is 4.74 Å². The Hall–Kier alpha value is -3.35. The van der Waals surface area contributed by atoms with Gasteiger partial charge in [-0.3, -0.25) is 9.59 Å². The van der Waals surface area contributed by atoms with Gasteiger partial charge in [0, 0.05) is 18.5 Å². The van der Waals surface area contributed by atoms with E-state index >= 15 is 0 Å². The molecule has 2 N–H and O–H groups in total. The Morgan fingerprint density at radius 2 is 1.65 bits per heavy atom. The molecule has 1 saturated heterocycles. The summed E-state index contributed by atoms with van der Waals surface area (Å²) >= 11 is 0. The highest BCUT2D eigenvalue weighted by Gasteiger charge is 2.35. The molecule has 1 aliphatic heterocycles. The summed E-state index contributed by atoms with van der Waals surface area (Å²) in [4.78, 5) is 39.0. The van der Waals surface area contributed by atoms with Crippen molar-refractivity contribution in [2.45, 2.75) is 57.5 Å². The van der Waals surface area contributed by atoms with E-state index in [2.05, 4.69) is 29.6 Å². The first-order valence-corrected chi connectivity index (χ1v) is 12.0. The van der Waals surface area contributed by atoms with E-state index in [1.54, 1.807) is 4.90 Å². The first-order chi connectivity index (χ1) is 16.4. The van der Waals surface area contributed by atoms with Crippen LogP contribution in [-0.4, -0.2) is 53.2 Å². The first kappa shape index (κ1) is 23.8. The molecular weight excluding hydrogens is 432 g/mol. The summed E-state index contributed by atoms with van der Waals surface area (Å²) < 4.78 is 5.63. The summed E-state index contributed by atoms with van der Waals surface area (Å²) in [6, 6.07) is 15.1. The van der Waals surface area contributed by atoms with Crippen LogP contribution in [0.3, 0.4) is 0 Å². The topological polar surface area (TPSA) is 95.9 Å². The summed E-state index contributed by atoms with van der Waals surface area (Å²) in [6.07, 6.45) is 1.67. The number of carbonyl (C=O) groups excluding carboxylic acids is 2. The Kier molecular flexibility index (Phi) is 7.20. The minimum absolute atomic E-state index is 0.0617. The van der Waals surface area contributed by atoms with Gasteiger partial charge < -0.3 is 20.1 Å². The third-order valence-corrected chi connectivity index (χ3v) is 6.87. The van der Waals surface area contributed by atoms with E-state index in [-0.39, 0.29) is 36.8 Å². The van der Waals surface area contributed by atoms with Crippen molar-refractivity contribution < 1.29 is 24.2 Å². The summed E-state index contributed by atoms with van der Waals surface area (Å²) in [7, 11) is 0. The lowest BCUT2D eigenvalue weighted by molar-refractivity contribution is -0.143. The molecule has 4 rings (SSSR count). The van der Waals surface area contributed by atoms with Crippen LogP contribution in [0.5, 0.6) is 0 Å². The van der Waals surface area contributed by atoms with Crippen molar-refractivity contribution in [1.29, 1.82) is 0 Å². The molecule has 0 saturated carbocycles. The summed E-state index contributed by atoms with van der Waals surface area (Å²) in [6.45, 7) is 4.40. The molecule has 0 aromatic heterocycles. The van der Waals surface area contributed by atoms with E-state index in [0.29, 0.717) is 13.0 Å². The van der Waals surface area contributed by atoms with Crippen molar-refractivity contribution in [2.24, 2.45) is 5.92 Å². The number of piperidine rings is 1. The molecule has 0 unspecified atom stereocenters. The number of amides is 2. The first-order valence-electron chi connectivity index (χ1n) is 12.0. The van der Waals surface area contributed by atoms with Gasteiger partial charge in [0.05, 0.1) is 6.42 Å². The van der Waals surface area contributed by atoms with Gasteiger partial charge in [-0.25, -0.2) is 4.79 Å². The number of nitrogens with one attached hydrogen (secondary N) is 1. The molecule has 1 fully saturated rings. The lowest BCUT2D eigenvalue weighted by Gasteiger charge is -2.38. The lowest BCUT2D eigenvalue weighted by Crippen LogP contribution is -2.55. The number of carboxylic acids is 1. The molecule has 0 spiro atoms. The molecule has 2 aromatic carbocycles. The van der Waals surface area contributed by atoms with Crippen LogP contribution in [0.25, 0.3) is 11.1 Å². The zero-order valence-electron chi connectivity index (χ0n) is 19.7. The van der Waals surface area contributed by atoms with Gasteiger partial charge in [0.15, 0.2) is 0 Å². The van der Waals surface area contributed by atoms with Crippen LogP contribution in [-0.2, 0) is 14.3 Å². The number of fused-ring (bicyclic) bond motifs is 3. The molecule has 34 heavy (non-hydrogen) atoms. The van der Waals surface area contributed by atoms with Crippen LogP contribution in [0.4, 0.5) is 4.79 Å². The number of aliphatic carboxylic acids is 1. The minimum atomic E-state index is -0.921. The second-order valence-electron chi connectivity index (χ2n) is 9.47. The Morgan fingerprint density at radius 3 is 2.24 bits per heavy atom. The molecular formula is C27H32N2O5. The quantitative estimate of drug-likeness (QED) is 0.633. The number of hydrogen-bond donors (Lipinski definition) is 2. The molecule has 1 aliphatic carbocycles.